The monoisotopic (exact) mass is 265 g/mol. The molecule has 68 valence electrons. The quantitative estimate of drug-likeness (QED) is 0.758. The number of amides is 1. The van der Waals surface area contributed by atoms with Crippen molar-refractivity contribution < 1.29 is 42.2 Å². The van der Waals surface area contributed by atoms with Crippen molar-refractivity contribution in [1.29, 1.82) is 0 Å². The van der Waals surface area contributed by atoms with Gasteiger partial charge in [0, 0.05) is 5.75 Å². The summed E-state index contributed by atoms with van der Waals surface area (Å²) in [4.78, 5) is 10.9. The second-order valence-electron chi connectivity index (χ2n) is 3.08. The number of hydrogen-bond donors (Lipinski definition) is 1. The van der Waals surface area contributed by atoms with Gasteiger partial charge in [-0.2, -0.15) is 18.2 Å². The Morgan fingerprint density at radius 2 is 2.43 bits per heavy atom. The fourth-order valence-electron chi connectivity index (χ4n) is 1.46. The van der Waals surface area contributed by atoms with Gasteiger partial charge in [0.05, 0.1) is 0 Å². The Morgan fingerprint density at radius 1 is 1.64 bits per heavy atom. The van der Waals surface area contributed by atoms with E-state index in [1.54, 1.807) is 6.07 Å². The van der Waals surface area contributed by atoms with Crippen LogP contribution in [0.4, 0.5) is 0 Å². The smallest absolute Gasteiger partial charge is 0.506 e. The van der Waals surface area contributed by atoms with Gasteiger partial charge in [0.2, 0.25) is 0 Å². The predicted molar refractivity (Wildman–Crippen MR) is 47.2 cm³/mol. The number of carbonyl (C=O) groups excluding carboxylic acids is 1. The van der Waals surface area contributed by atoms with Crippen molar-refractivity contribution in [1.82, 2.24) is 0 Å². The van der Waals surface area contributed by atoms with Crippen LogP contribution in [0, 0.1) is 6.07 Å². The van der Waals surface area contributed by atoms with Crippen molar-refractivity contribution >= 4 is 5.91 Å². The van der Waals surface area contributed by atoms with Gasteiger partial charge in [0.15, 0.2) is 6.10 Å². The van der Waals surface area contributed by atoms with Crippen molar-refractivity contribution in [3.05, 3.63) is 29.8 Å². The molecular formula is C10H10NO2Y+2. The summed E-state index contributed by atoms with van der Waals surface area (Å²) in [6.45, 7) is 0. The summed E-state index contributed by atoms with van der Waals surface area (Å²) in [6.07, 6.45) is 1.04. The third kappa shape index (κ3) is 2.34. The first kappa shape index (κ1) is 11.7. The van der Waals surface area contributed by atoms with Crippen LogP contribution in [0.1, 0.15) is 12.0 Å². The zero-order chi connectivity index (χ0) is 9.26. The summed E-state index contributed by atoms with van der Waals surface area (Å²) >= 11 is 0. The first-order valence-electron chi connectivity index (χ1n) is 4.22. The number of hydrogen-bond acceptors (Lipinski definition) is 2. The number of primary amides is 1. The second kappa shape index (κ2) is 4.90. The molecule has 1 aliphatic heterocycles. The number of aryl methyl sites for hydroxylation is 1. The minimum absolute atomic E-state index is 0. The van der Waals surface area contributed by atoms with Gasteiger partial charge in [0.25, 0.3) is 5.91 Å². The molecule has 0 spiro atoms. The second-order valence-corrected chi connectivity index (χ2v) is 3.08. The maximum atomic E-state index is 10.9. The molecule has 3 nitrogen and oxygen atoms in total. The van der Waals surface area contributed by atoms with E-state index < -0.39 is 12.0 Å². The van der Waals surface area contributed by atoms with Crippen LogP contribution in [0.25, 0.3) is 0 Å². The van der Waals surface area contributed by atoms with Gasteiger partial charge in [-0.15, -0.1) is 11.6 Å². The number of ether oxygens (including phenoxy) is 1. The van der Waals surface area contributed by atoms with Gasteiger partial charge in [-0.25, -0.2) is 0 Å². The number of fused-ring (bicyclic) bond motifs is 1. The molecule has 2 N–H and O–H groups in total. The Balaban J connectivity index is 0.000000980. The van der Waals surface area contributed by atoms with E-state index in [2.05, 4.69) is 6.07 Å². The Morgan fingerprint density at radius 3 is 3.14 bits per heavy atom. The van der Waals surface area contributed by atoms with Gasteiger partial charge in [-0.05, 0) is 6.42 Å². The molecule has 1 aromatic carbocycles. The van der Waals surface area contributed by atoms with Crippen LogP contribution in [0.3, 0.4) is 0 Å². The zero-order valence-corrected chi connectivity index (χ0v) is 10.5. The standard InChI is InChI=1S/C10H10NO2.Y/c11-10(12)9-6-5-7-3-1-2-4-8(7)13-9;/h2-4,9H,5-6H2,(H2,11,12);/q-1;+3. The molecule has 0 aromatic heterocycles. The van der Waals surface area contributed by atoms with Crippen LogP contribution >= 0.6 is 0 Å². The molecule has 0 aliphatic carbocycles. The molecule has 14 heavy (non-hydrogen) atoms. The van der Waals surface area contributed by atoms with E-state index in [0.29, 0.717) is 6.42 Å². The van der Waals surface area contributed by atoms with Crippen molar-refractivity contribution in [3.8, 4) is 5.75 Å². The van der Waals surface area contributed by atoms with Crippen molar-refractivity contribution in [3.63, 3.8) is 0 Å². The van der Waals surface area contributed by atoms with Gasteiger partial charge in [-0.1, -0.05) is 6.42 Å². The SMILES string of the molecule is NC(=O)C1CCc2c[c-]ccc2O1.[Y+3]. The molecule has 0 saturated carbocycles. The summed E-state index contributed by atoms with van der Waals surface area (Å²) in [5, 5.41) is 0. The van der Waals surface area contributed by atoms with Crippen molar-refractivity contribution in [2.24, 2.45) is 5.73 Å². The first-order valence-corrected chi connectivity index (χ1v) is 4.22. The molecule has 2 rings (SSSR count). The predicted octanol–water partition coefficient (Wildman–Crippen LogP) is 0.663. The molecule has 4 heteroatoms. The summed E-state index contributed by atoms with van der Waals surface area (Å²) in [5.74, 6) is 0.368. The van der Waals surface area contributed by atoms with Crippen LogP contribution in [0.2, 0.25) is 0 Å². The number of benzene rings is 1. The fraction of sp³-hybridized carbons (Fsp3) is 0.300. The van der Waals surface area contributed by atoms with Crippen LogP contribution in [-0.4, -0.2) is 12.0 Å². The molecule has 0 fully saturated rings. The molecule has 1 amide bonds. The Labute approximate surface area is 108 Å². The van der Waals surface area contributed by atoms with Crippen LogP contribution < -0.4 is 10.5 Å². The topological polar surface area (TPSA) is 52.3 Å². The van der Waals surface area contributed by atoms with Gasteiger partial charge in [0.1, 0.15) is 0 Å². The average Bonchev–Trinajstić information content (AvgIpc) is 2.17. The minimum atomic E-state index is -0.463. The van der Waals surface area contributed by atoms with E-state index in [1.165, 1.54) is 0 Å². The molecule has 0 bridgehead atoms. The number of rotatable bonds is 1. The normalized spacial score (nSPS) is 18.7. The zero-order valence-electron chi connectivity index (χ0n) is 7.69. The van der Waals surface area contributed by atoms with E-state index in [1.807, 2.05) is 12.1 Å². The molecule has 1 heterocycles. The number of carbonyl (C=O) groups is 1. The summed E-state index contributed by atoms with van der Waals surface area (Å²) in [6, 6.07) is 8.43. The molecular weight excluding hydrogens is 255 g/mol. The first-order chi connectivity index (χ1) is 6.27. The molecule has 1 aromatic rings. The third-order valence-electron chi connectivity index (χ3n) is 2.17. The van der Waals surface area contributed by atoms with E-state index in [4.69, 9.17) is 10.5 Å². The third-order valence-corrected chi connectivity index (χ3v) is 2.17. The average molecular weight is 265 g/mol. The Bertz CT molecular complexity index is 341. The maximum Gasteiger partial charge on any atom is 3.00 e. The summed E-state index contributed by atoms with van der Waals surface area (Å²) in [7, 11) is 0. The van der Waals surface area contributed by atoms with E-state index in [-0.39, 0.29) is 32.7 Å². The largest absolute Gasteiger partial charge is 3.00 e. The summed E-state index contributed by atoms with van der Waals surface area (Å²) in [5.41, 5.74) is 6.25. The summed E-state index contributed by atoms with van der Waals surface area (Å²) < 4.78 is 5.40. The van der Waals surface area contributed by atoms with Crippen molar-refractivity contribution in [2.45, 2.75) is 18.9 Å². The van der Waals surface area contributed by atoms with E-state index >= 15 is 0 Å². The fourth-order valence-corrected chi connectivity index (χ4v) is 1.46. The van der Waals surface area contributed by atoms with E-state index in [0.717, 1.165) is 17.7 Å². The Kier molecular flexibility index (Phi) is 4.08. The molecule has 1 unspecified atom stereocenters. The number of nitrogens with two attached hydrogens (primary N) is 1. The van der Waals surface area contributed by atoms with Crippen LogP contribution in [0.5, 0.6) is 5.75 Å². The Hall–Kier alpha value is -0.406. The maximum absolute atomic E-state index is 10.9. The molecule has 1 atom stereocenters. The van der Waals surface area contributed by atoms with E-state index in [9.17, 15) is 4.79 Å². The van der Waals surface area contributed by atoms with Crippen LogP contribution in [-0.2, 0) is 43.9 Å². The van der Waals surface area contributed by atoms with Crippen molar-refractivity contribution in [2.75, 3.05) is 0 Å². The van der Waals surface area contributed by atoms with Gasteiger partial charge < -0.3 is 10.5 Å². The molecule has 1 aliphatic rings. The molecule has 0 saturated heterocycles. The van der Waals surface area contributed by atoms with Gasteiger partial charge in [-0.3, -0.25) is 4.79 Å². The van der Waals surface area contributed by atoms with Crippen LogP contribution in [0.15, 0.2) is 18.2 Å². The molecule has 0 radical (unpaired) electrons. The van der Waals surface area contributed by atoms with Gasteiger partial charge >= 0.3 is 32.7 Å². The minimum Gasteiger partial charge on any atom is -0.506 e.